The van der Waals surface area contributed by atoms with Crippen LogP contribution in [0.25, 0.3) is 0 Å². The number of benzene rings is 2. The highest BCUT2D eigenvalue weighted by molar-refractivity contribution is 5.79. The van der Waals surface area contributed by atoms with Gasteiger partial charge in [-0.05, 0) is 61.8 Å². The summed E-state index contributed by atoms with van der Waals surface area (Å²) in [4.78, 5) is 15.2. The zero-order valence-corrected chi connectivity index (χ0v) is 18.1. The molecule has 2 aromatic rings. The van der Waals surface area contributed by atoms with E-state index in [0.717, 1.165) is 24.4 Å². The van der Waals surface area contributed by atoms with Crippen LogP contribution in [0, 0.1) is 0 Å². The van der Waals surface area contributed by atoms with Crippen LogP contribution in [0.1, 0.15) is 36.4 Å². The maximum absolute atomic E-state index is 12.8. The van der Waals surface area contributed by atoms with E-state index >= 15 is 0 Å². The molecular weight excluding hydrogens is 380 g/mol. The molecule has 3 rings (SSSR count). The molecule has 1 fully saturated rings. The Morgan fingerprint density at radius 2 is 1.60 bits per heavy atom. The minimum Gasteiger partial charge on any atom is -0.497 e. The van der Waals surface area contributed by atoms with Crippen molar-refractivity contribution in [2.75, 3.05) is 41.0 Å². The number of hydrogen-bond donors (Lipinski definition) is 1. The number of rotatable bonds is 9. The lowest BCUT2D eigenvalue weighted by molar-refractivity contribution is -0.120. The smallest absolute Gasteiger partial charge is 0.224 e. The quantitative estimate of drug-likeness (QED) is 0.682. The van der Waals surface area contributed by atoms with Crippen LogP contribution in [0.5, 0.6) is 17.2 Å². The molecule has 6 nitrogen and oxygen atoms in total. The van der Waals surface area contributed by atoms with Crippen molar-refractivity contribution < 1.29 is 19.0 Å². The van der Waals surface area contributed by atoms with Gasteiger partial charge in [-0.25, -0.2) is 0 Å². The van der Waals surface area contributed by atoms with E-state index in [1.54, 1.807) is 21.3 Å². The molecular formula is C24H32N2O4. The van der Waals surface area contributed by atoms with E-state index in [1.807, 2.05) is 30.3 Å². The van der Waals surface area contributed by atoms with Crippen LogP contribution >= 0.6 is 0 Å². The van der Waals surface area contributed by atoms with Crippen LogP contribution in [-0.4, -0.2) is 51.8 Å². The summed E-state index contributed by atoms with van der Waals surface area (Å²) < 4.78 is 16.0. The predicted octanol–water partition coefficient (Wildman–Crippen LogP) is 3.60. The van der Waals surface area contributed by atoms with Gasteiger partial charge in [0.25, 0.3) is 0 Å². The molecule has 1 amide bonds. The topological polar surface area (TPSA) is 60.0 Å². The second kappa shape index (κ2) is 10.9. The second-order valence-corrected chi connectivity index (χ2v) is 7.54. The van der Waals surface area contributed by atoms with Gasteiger partial charge in [-0.3, -0.25) is 9.69 Å². The zero-order valence-electron chi connectivity index (χ0n) is 18.1. The molecule has 1 unspecified atom stereocenters. The van der Waals surface area contributed by atoms with Crippen LogP contribution in [0.2, 0.25) is 0 Å². The molecule has 6 heteroatoms. The average molecular weight is 413 g/mol. The minimum absolute atomic E-state index is 0.0305. The van der Waals surface area contributed by atoms with E-state index in [2.05, 4.69) is 22.3 Å². The molecule has 162 valence electrons. The molecule has 2 aromatic carbocycles. The molecule has 0 saturated carbocycles. The van der Waals surface area contributed by atoms with Crippen molar-refractivity contribution in [3.8, 4) is 17.2 Å². The van der Waals surface area contributed by atoms with Gasteiger partial charge in [0, 0.05) is 12.1 Å². The lowest BCUT2D eigenvalue weighted by Crippen LogP contribution is -2.41. The number of nitrogens with one attached hydrogen (secondary N) is 1. The van der Waals surface area contributed by atoms with Gasteiger partial charge in [-0.1, -0.05) is 18.6 Å². The highest BCUT2D eigenvalue weighted by Crippen LogP contribution is 2.27. The Bertz CT molecular complexity index is 816. The maximum Gasteiger partial charge on any atom is 0.224 e. The summed E-state index contributed by atoms with van der Waals surface area (Å²) in [6.45, 7) is 2.67. The zero-order chi connectivity index (χ0) is 21.3. The van der Waals surface area contributed by atoms with Crippen LogP contribution in [0.4, 0.5) is 0 Å². The first-order valence-corrected chi connectivity index (χ1v) is 10.5. The van der Waals surface area contributed by atoms with Crippen molar-refractivity contribution in [2.24, 2.45) is 0 Å². The Balaban J connectivity index is 1.69. The molecule has 0 bridgehead atoms. The largest absolute Gasteiger partial charge is 0.497 e. The second-order valence-electron chi connectivity index (χ2n) is 7.54. The number of amides is 1. The number of piperidine rings is 1. The van der Waals surface area contributed by atoms with E-state index in [0.29, 0.717) is 18.0 Å². The Labute approximate surface area is 179 Å². The Hall–Kier alpha value is -2.73. The number of ether oxygens (including phenoxy) is 3. The van der Waals surface area contributed by atoms with Crippen LogP contribution < -0.4 is 19.5 Å². The van der Waals surface area contributed by atoms with Crippen LogP contribution in [0.15, 0.2) is 42.5 Å². The molecule has 0 spiro atoms. The van der Waals surface area contributed by atoms with Gasteiger partial charge in [0.15, 0.2) is 0 Å². The number of likely N-dealkylation sites (tertiary alicyclic amines) is 1. The van der Waals surface area contributed by atoms with Gasteiger partial charge in [-0.15, -0.1) is 0 Å². The summed E-state index contributed by atoms with van der Waals surface area (Å²) in [5.41, 5.74) is 2.00. The summed E-state index contributed by atoms with van der Waals surface area (Å²) in [6.07, 6.45) is 3.91. The maximum atomic E-state index is 12.8. The summed E-state index contributed by atoms with van der Waals surface area (Å²) in [6, 6.07) is 13.8. The third-order valence-corrected chi connectivity index (χ3v) is 5.66. The van der Waals surface area contributed by atoms with E-state index in [9.17, 15) is 4.79 Å². The molecule has 0 aliphatic carbocycles. The molecule has 0 aromatic heterocycles. The van der Waals surface area contributed by atoms with Crippen molar-refractivity contribution in [3.05, 3.63) is 53.6 Å². The Morgan fingerprint density at radius 3 is 2.23 bits per heavy atom. The molecule has 1 aliphatic heterocycles. The highest BCUT2D eigenvalue weighted by atomic mass is 16.5. The van der Waals surface area contributed by atoms with Gasteiger partial charge in [0.2, 0.25) is 5.91 Å². The minimum atomic E-state index is -0.0305. The van der Waals surface area contributed by atoms with Gasteiger partial charge >= 0.3 is 0 Å². The third-order valence-electron chi connectivity index (χ3n) is 5.66. The number of carbonyl (C=O) groups excluding carboxylic acids is 1. The van der Waals surface area contributed by atoms with Crippen molar-refractivity contribution in [2.45, 2.75) is 31.7 Å². The standard InChI is InChI=1S/C24H32N2O4/c1-28-20-9-7-18(8-10-20)22(26-13-5-4-6-14-26)17-25-24(27)16-19-15-21(29-2)11-12-23(19)30-3/h7-12,15,22H,4-6,13-14,16-17H2,1-3H3,(H,25,27). The predicted molar refractivity (Wildman–Crippen MR) is 117 cm³/mol. The highest BCUT2D eigenvalue weighted by Gasteiger charge is 2.23. The number of methoxy groups -OCH3 is 3. The third kappa shape index (κ3) is 5.66. The lowest BCUT2D eigenvalue weighted by atomic mass is 10.0. The monoisotopic (exact) mass is 412 g/mol. The first-order chi connectivity index (χ1) is 14.6. The number of nitrogens with zero attached hydrogens (tertiary/aromatic N) is 1. The summed E-state index contributed by atoms with van der Waals surface area (Å²) in [7, 11) is 4.90. The van der Waals surface area contributed by atoms with Gasteiger partial charge in [-0.2, -0.15) is 0 Å². The van der Waals surface area contributed by atoms with Crippen molar-refractivity contribution in [3.63, 3.8) is 0 Å². The van der Waals surface area contributed by atoms with Gasteiger partial charge in [0.05, 0.1) is 33.8 Å². The lowest BCUT2D eigenvalue weighted by Gasteiger charge is -2.35. The first kappa shape index (κ1) is 22.0. The molecule has 1 N–H and O–H groups in total. The van der Waals surface area contributed by atoms with E-state index < -0.39 is 0 Å². The van der Waals surface area contributed by atoms with Gasteiger partial charge in [0.1, 0.15) is 17.2 Å². The molecule has 1 saturated heterocycles. The fourth-order valence-electron chi connectivity index (χ4n) is 3.98. The summed E-state index contributed by atoms with van der Waals surface area (Å²) >= 11 is 0. The first-order valence-electron chi connectivity index (χ1n) is 10.5. The van der Waals surface area contributed by atoms with E-state index in [4.69, 9.17) is 14.2 Å². The number of hydrogen-bond acceptors (Lipinski definition) is 5. The van der Waals surface area contributed by atoms with Gasteiger partial charge < -0.3 is 19.5 Å². The summed E-state index contributed by atoms with van der Waals surface area (Å²) in [5, 5.41) is 3.14. The van der Waals surface area contributed by atoms with Crippen molar-refractivity contribution in [1.82, 2.24) is 10.2 Å². The van der Waals surface area contributed by atoms with Crippen molar-refractivity contribution in [1.29, 1.82) is 0 Å². The fraction of sp³-hybridized carbons (Fsp3) is 0.458. The SMILES string of the molecule is COc1ccc(C(CNC(=O)Cc2cc(OC)ccc2OC)N2CCCCC2)cc1. The Kier molecular flexibility index (Phi) is 7.97. The molecule has 1 aliphatic rings. The van der Waals surface area contributed by atoms with E-state index in [1.165, 1.54) is 24.8 Å². The molecule has 1 atom stereocenters. The van der Waals surface area contributed by atoms with Crippen LogP contribution in [-0.2, 0) is 11.2 Å². The normalized spacial score (nSPS) is 15.3. The molecule has 1 heterocycles. The van der Waals surface area contributed by atoms with Crippen LogP contribution in [0.3, 0.4) is 0 Å². The number of carbonyl (C=O) groups is 1. The molecule has 30 heavy (non-hydrogen) atoms. The Morgan fingerprint density at radius 1 is 0.933 bits per heavy atom. The fourth-order valence-corrected chi connectivity index (χ4v) is 3.98. The summed E-state index contributed by atoms with van der Waals surface area (Å²) in [5.74, 6) is 2.21. The molecule has 0 radical (unpaired) electrons. The average Bonchev–Trinajstić information content (AvgIpc) is 2.80. The van der Waals surface area contributed by atoms with Crippen molar-refractivity contribution >= 4 is 5.91 Å². The van der Waals surface area contributed by atoms with E-state index in [-0.39, 0.29) is 18.4 Å².